The molecule has 0 aromatic heterocycles. The van der Waals surface area contributed by atoms with E-state index in [4.69, 9.17) is 23.2 Å². The largest absolute Gasteiger partial charge is 0.242 e. The molecule has 0 amide bonds. The molecule has 1 fully saturated rings. The Balaban J connectivity index is 2.23. The van der Waals surface area contributed by atoms with Gasteiger partial charge < -0.3 is 0 Å². The summed E-state index contributed by atoms with van der Waals surface area (Å²) in [7, 11) is -7.11. The minimum absolute atomic E-state index is 0.0142. The van der Waals surface area contributed by atoms with E-state index in [1.54, 1.807) is 19.9 Å². The first-order chi connectivity index (χ1) is 10.9. The van der Waals surface area contributed by atoms with Crippen LogP contribution in [0.1, 0.15) is 24.0 Å². The van der Waals surface area contributed by atoms with Gasteiger partial charge in [-0.2, -0.15) is 0 Å². The molecule has 0 aliphatic carbocycles. The standard InChI is InChI=1S/C14H20Cl2N2O4S2/c1-9-8-12(15)10(2)14(13(9)16)24(21,22)17-11-4-6-18(7-5-11)23(3,19)20/h8,11,17H,4-7H2,1-3H3. The lowest BCUT2D eigenvalue weighted by molar-refractivity contribution is 0.310. The summed E-state index contributed by atoms with van der Waals surface area (Å²) in [5.74, 6) is 0. The summed E-state index contributed by atoms with van der Waals surface area (Å²) in [6.07, 6.45) is 1.96. The van der Waals surface area contributed by atoms with Gasteiger partial charge in [-0.15, -0.1) is 0 Å². The average Bonchev–Trinajstić information content (AvgIpc) is 2.44. The smallest absolute Gasteiger partial charge is 0.213 e. The van der Waals surface area contributed by atoms with Crippen molar-refractivity contribution in [2.24, 2.45) is 0 Å². The molecule has 1 aliphatic rings. The van der Waals surface area contributed by atoms with Crippen LogP contribution in [0.25, 0.3) is 0 Å². The number of sulfonamides is 2. The fourth-order valence-electron chi connectivity index (χ4n) is 2.72. The van der Waals surface area contributed by atoms with E-state index in [1.165, 1.54) is 4.31 Å². The van der Waals surface area contributed by atoms with Crippen molar-refractivity contribution < 1.29 is 16.8 Å². The van der Waals surface area contributed by atoms with Crippen molar-refractivity contribution in [3.63, 3.8) is 0 Å². The summed E-state index contributed by atoms with van der Waals surface area (Å²) in [6.45, 7) is 3.87. The van der Waals surface area contributed by atoms with Crippen LogP contribution in [0.4, 0.5) is 0 Å². The molecule has 2 rings (SSSR count). The van der Waals surface area contributed by atoms with Gasteiger partial charge in [0, 0.05) is 24.2 Å². The van der Waals surface area contributed by atoms with Crippen LogP contribution in [0, 0.1) is 13.8 Å². The fraction of sp³-hybridized carbons (Fsp3) is 0.571. The molecule has 6 nitrogen and oxygen atoms in total. The predicted octanol–water partition coefficient (Wildman–Crippen LogP) is 2.31. The number of benzene rings is 1. The van der Waals surface area contributed by atoms with Gasteiger partial charge in [0.1, 0.15) is 4.90 Å². The molecule has 1 aliphatic heterocycles. The van der Waals surface area contributed by atoms with Gasteiger partial charge in [0.2, 0.25) is 20.0 Å². The van der Waals surface area contributed by atoms with Crippen LogP contribution < -0.4 is 4.72 Å². The van der Waals surface area contributed by atoms with E-state index in [0.29, 0.717) is 29.0 Å². The zero-order valence-electron chi connectivity index (χ0n) is 13.6. The third kappa shape index (κ3) is 4.23. The lowest BCUT2D eigenvalue weighted by atomic mass is 10.1. The van der Waals surface area contributed by atoms with Crippen molar-refractivity contribution in [3.05, 3.63) is 27.2 Å². The van der Waals surface area contributed by atoms with E-state index >= 15 is 0 Å². The molecule has 0 spiro atoms. The Bertz CT molecular complexity index is 820. The number of piperidine rings is 1. The van der Waals surface area contributed by atoms with Gasteiger partial charge in [0.25, 0.3) is 0 Å². The summed E-state index contributed by atoms with van der Waals surface area (Å²) in [5.41, 5.74) is 0.980. The molecule has 1 heterocycles. The van der Waals surface area contributed by atoms with Gasteiger partial charge in [0.15, 0.2) is 0 Å². The molecule has 1 aromatic rings. The summed E-state index contributed by atoms with van der Waals surface area (Å²) in [4.78, 5) is -0.0142. The highest BCUT2D eigenvalue weighted by atomic mass is 35.5. The number of aryl methyl sites for hydroxylation is 1. The normalized spacial score (nSPS) is 18.0. The first kappa shape index (κ1) is 19.9. The second kappa shape index (κ2) is 7.09. The molecule has 10 heteroatoms. The fourth-order valence-corrected chi connectivity index (χ4v) is 6.11. The first-order valence-corrected chi connectivity index (χ1v) is 11.4. The predicted molar refractivity (Wildman–Crippen MR) is 95.7 cm³/mol. The Kier molecular flexibility index (Phi) is 5.89. The summed E-state index contributed by atoms with van der Waals surface area (Å²) >= 11 is 12.3. The number of nitrogens with zero attached hydrogens (tertiary/aromatic N) is 1. The van der Waals surface area contributed by atoms with Gasteiger partial charge in [-0.05, 0) is 43.9 Å². The van der Waals surface area contributed by atoms with E-state index in [9.17, 15) is 16.8 Å². The monoisotopic (exact) mass is 414 g/mol. The number of halogens is 2. The van der Waals surface area contributed by atoms with Crippen molar-refractivity contribution >= 4 is 43.2 Å². The number of hydrogen-bond acceptors (Lipinski definition) is 4. The van der Waals surface area contributed by atoms with Crippen molar-refractivity contribution in [1.82, 2.24) is 9.03 Å². The van der Waals surface area contributed by atoms with Crippen molar-refractivity contribution in [2.75, 3.05) is 19.3 Å². The maximum absolute atomic E-state index is 12.7. The van der Waals surface area contributed by atoms with Crippen LogP contribution in [-0.2, 0) is 20.0 Å². The Morgan fingerprint density at radius 2 is 1.67 bits per heavy atom. The van der Waals surface area contributed by atoms with E-state index in [0.717, 1.165) is 6.26 Å². The Morgan fingerprint density at radius 3 is 2.17 bits per heavy atom. The molecule has 0 radical (unpaired) electrons. The Labute approximate surface area is 153 Å². The van der Waals surface area contributed by atoms with Crippen molar-refractivity contribution in [2.45, 2.75) is 37.6 Å². The molecule has 0 bridgehead atoms. The first-order valence-electron chi connectivity index (χ1n) is 7.36. The minimum atomic E-state index is -3.85. The highest BCUT2D eigenvalue weighted by Crippen LogP contribution is 2.33. The van der Waals surface area contributed by atoms with E-state index in [2.05, 4.69) is 4.72 Å². The molecule has 0 atom stereocenters. The van der Waals surface area contributed by atoms with Crippen LogP contribution in [0.3, 0.4) is 0 Å². The molecule has 136 valence electrons. The molecule has 0 saturated carbocycles. The number of nitrogens with one attached hydrogen (secondary N) is 1. The molecule has 0 unspecified atom stereocenters. The highest BCUT2D eigenvalue weighted by molar-refractivity contribution is 7.89. The quantitative estimate of drug-likeness (QED) is 0.818. The third-order valence-electron chi connectivity index (χ3n) is 4.10. The molecule has 1 N–H and O–H groups in total. The summed E-state index contributed by atoms with van der Waals surface area (Å²) in [6, 6.07) is 1.28. The topological polar surface area (TPSA) is 83.6 Å². The van der Waals surface area contributed by atoms with Gasteiger partial charge in [-0.1, -0.05) is 23.2 Å². The van der Waals surface area contributed by atoms with Crippen LogP contribution >= 0.6 is 23.2 Å². The minimum Gasteiger partial charge on any atom is -0.213 e. The van der Waals surface area contributed by atoms with Crippen LogP contribution in [-0.4, -0.2) is 46.5 Å². The average molecular weight is 415 g/mol. The maximum Gasteiger partial charge on any atom is 0.242 e. The third-order valence-corrected chi connectivity index (χ3v) is 8.09. The van der Waals surface area contributed by atoms with Crippen LogP contribution in [0.15, 0.2) is 11.0 Å². The van der Waals surface area contributed by atoms with Gasteiger partial charge in [-0.3, -0.25) is 0 Å². The molecule has 24 heavy (non-hydrogen) atoms. The number of rotatable bonds is 4. The second-order valence-corrected chi connectivity index (χ2v) is 10.4. The van der Waals surface area contributed by atoms with Gasteiger partial charge in [-0.25, -0.2) is 25.9 Å². The highest BCUT2D eigenvalue weighted by Gasteiger charge is 2.30. The lowest BCUT2D eigenvalue weighted by Crippen LogP contribution is -2.46. The summed E-state index contributed by atoms with van der Waals surface area (Å²) in [5, 5.41) is 0.488. The lowest BCUT2D eigenvalue weighted by Gasteiger charge is -2.30. The van der Waals surface area contributed by atoms with E-state index in [-0.39, 0.29) is 29.0 Å². The summed E-state index contributed by atoms with van der Waals surface area (Å²) < 4.78 is 52.5. The van der Waals surface area contributed by atoms with Gasteiger partial charge >= 0.3 is 0 Å². The van der Waals surface area contributed by atoms with E-state index < -0.39 is 20.0 Å². The molecular weight excluding hydrogens is 395 g/mol. The van der Waals surface area contributed by atoms with Crippen molar-refractivity contribution in [3.8, 4) is 0 Å². The molecule has 1 saturated heterocycles. The van der Waals surface area contributed by atoms with Gasteiger partial charge in [0.05, 0.1) is 11.3 Å². The van der Waals surface area contributed by atoms with Crippen LogP contribution in [0.2, 0.25) is 10.0 Å². The maximum atomic E-state index is 12.7. The van der Waals surface area contributed by atoms with Crippen LogP contribution in [0.5, 0.6) is 0 Å². The Hall–Kier alpha value is -0.380. The SMILES string of the molecule is Cc1cc(Cl)c(C)c(S(=O)(=O)NC2CCN(S(C)(=O)=O)CC2)c1Cl. The molecule has 1 aromatic carbocycles. The zero-order valence-corrected chi connectivity index (χ0v) is 16.8. The Morgan fingerprint density at radius 1 is 1.12 bits per heavy atom. The second-order valence-electron chi connectivity index (χ2n) is 6.00. The zero-order chi connectivity index (χ0) is 18.3. The van der Waals surface area contributed by atoms with Crippen molar-refractivity contribution in [1.29, 1.82) is 0 Å². The molecular formula is C14H20Cl2N2O4S2. The van der Waals surface area contributed by atoms with E-state index in [1.807, 2.05) is 0 Å². The number of hydrogen-bond donors (Lipinski definition) is 1.